The van der Waals surface area contributed by atoms with Crippen LogP contribution in [0.15, 0.2) is 46.8 Å². The molecule has 0 saturated heterocycles. The fourth-order valence-electron chi connectivity index (χ4n) is 1.89. The van der Waals surface area contributed by atoms with E-state index in [9.17, 15) is 0 Å². The van der Waals surface area contributed by atoms with E-state index in [0.717, 1.165) is 31.9 Å². The normalized spacial score (nSPS) is 10.7. The van der Waals surface area contributed by atoms with Gasteiger partial charge in [-0.25, -0.2) is 0 Å². The smallest absolute Gasteiger partial charge is 0.193 e. The van der Waals surface area contributed by atoms with Crippen molar-refractivity contribution >= 4 is 41.7 Å². The van der Waals surface area contributed by atoms with Gasteiger partial charge in [-0.3, -0.25) is 4.99 Å². The van der Waals surface area contributed by atoms with Crippen molar-refractivity contribution < 1.29 is 0 Å². The van der Waals surface area contributed by atoms with E-state index >= 15 is 0 Å². The number of aliphatic imine (C=N–C) groups is 1. The fourth-order valence-corrected chi connectivity index (χ4v) is 2.30. The third kappa shape index (κ3) is 7.76. The van der Waals surface area contributed by atoms with Crippen LogP contribution in [0, 0.1) is 0 Å². The molecule has 0 bridgehead atoms. The molecule has 5 heteroatoms. The highest BCUT2D eigenvalue weighted by atomic mass is 127. The Hall–Kier alpha value is -0.690. The molecule has 0 heterocycles. The second-order valence-electron chi connectivity index (χ2n) is 4.60. The molecule has 21 heavy (non-hydrogen) atoms. The highest BCUT2D eigenvalue weighted by Gasteiger charge is 2.04. The van der Waals surface area contributed by atoms with Crippen LogP contribution in [0.4, 0.5) is 0 Å². The summed E-state index contributed by atoms with van der Waals surface area (Å²) in [5.41, 5.74) is 1.27. The number of halogens is 1. The van der Waals surface area contributed by atoms with Gasteiger partial charge in [0.25, 0.3) is 0 Å². The number of allylic oxidation sites excluding steroid dienone is 1. The number of nitrogens with zero attached hydrogens (tertiary/aromatic N) is 2. The van der Waals surface area contributed by atoms with Crippen molar-refractivity contribution in [2.24, 2.45) is 4.99 Å². The average Bonchev–Trinajstić information content (AvgIpc) is 2.49. The van der Waals surface area contributed by atoms with Gasteiger partial charge < -0.3 is 10.2 Å². The molecule has 118 valence electrons. The summed E-state index contributed by atoms with van der Waals surface area (Å²) >= 11 is 1.76. The van der Waals surface area contributed by atoms with E-state index in [2.05, 4.69) is 59.4 Å². The minimum absolute atomic E-state index is 0. The monoisotopic (exact) mass is 419 g/mol. The third-order valence-electron chi connectivity index (χ3n) is 3.08. The van der Waals surface area contributed by atoms with E-state index in [1.165, 1.54) is 10.5 Å². The minimum Gasteiger partial charge on any atom is -0.352 e. The number of thioether (sulfide) groups is 1. The molecule has 0 fully saturated rings. The Bertz CT molecular complexity index is 432. The van der Waals surface area contributed by atoms with Gasteiger partial charge in [0.1, 0.15) is 0 Å². The van der Waals surface area contributed by atoms with Crippen LogP contribution in [-0.2, 0) is 6.54 Å². The quantitative estimate of drug-likeness (QED) is 0.181. The second-order valence-corrected chi connectivity index (χ2v) is 5.48. The molecule has 0 radical (unpaired) electrons. The average molecular weight is 419 g/mol. The van der Waals surface area contributed by atoms with Gasteiger partial charge >= 0.3 is 0 Å². The van der Waals surface area contributed by atoms with Crippen LogP contribution in [0.25, 0.3) is 0 Å². The van der Waals surface area contributed by atoms with Crippen molar-refractivity contribution in [1.82, 2.24) is 10.2 Å². The van der Waals surface area contributed by atoms with E-state index in [-0.39, 0.29) is 24.0 Å². The standard InChI is InChI=1S/C16H25N3S.HI/c1-5-6-7-12-19(3)16(17-2)18-13-14-8-10-15(20-4)11-9-14;/h5,8-11H,1,6-7,12-13H2,2-4H3,(H,17,18);1H. The number of benzene rings is 1. The summed E-state index contributed by atoms with van der Waals surface area (Å²) in [6.45, 7) is 5.53. The Morgan fingerprint density at radius 2 is 2.05 bits per heavy atom. The molecule has 1 aromatic carbocycles. The first-order chi connectivity index (χ1) is 9.71. The molecular formula is C16H26IN3S. The van der Waals surface area contributed by atoms with Gasteiger partial charge in [0.15, 0.2) is 5.96 Å². The maximum Gasteiger partial charge on any atom is 0.193 e. The Morgan fingerprint density at radius 1 is 1.38 bits per heavy atom. The van der Waals surface area contributed by atoms with Crippen LogP contribution in [-0.4, -0.2) is 37.8 Å². The summed E-state index contributed by atoms with van der Waals surface area (Å²) in [6, 6.07) is 8.62. The number of guanidine groups is 1. The molecule has 0 aliphatic carbocycles. The number of nitrogens with one attached hydrogen (secondary N) is 1. The van der Waals surface area contributed by atoms with Crippen LogP contribution in [0.3, 0.4) is 0 Å². The fraction of sp³-hybridized carbons (Fsp3) is 0.438. The van der Waals surface area contributed by atoms with Crippen molar-refractivity contribution in [2.75, 3.05) is 26.9 Å². The summed E-state index contributed by atoms with van der Waals surface area (Å²) in [5.74, 6) is 0.933. The molecule has 3 nitrogen and oxygen atoms in total. The molecule has 0 spiro atoms. The molecule has 1 rings (SSSR count). The predicted octanol–water partition coefficient (Wildman–Crippen LogP) is 4.00. The Kier molecular flexibility index (Phi) is 11.5. The Labute approximate surface area is 150 Å². The van der Waals surface area contributed by atoms with E-state index in [1.54, 1.807) is 11.8 Å². The molecule has 0 aromatic heterocycles. The number of rotatable bonds is 7. The summed E-state index contributed by atoms with van der Waals surface area (Å²) in [7, 11) is 3.89. The SMILES string of the molecule is C=CCCCN(C)C(=NC)NCc1ccc(SC)cc1.I. The lowest BCUT2D eigenvalue weighted by Crippen LogP contribution is -2.38. The first-order valence-electron chi connectivity index (χ1n) is 6.87. The van der Waals surface area contributed by atoms with Gasteiger partial charge in [0.05, 0.1) is 0 Å². The number of unbranched alkanes of at least 4 members (excludes halogenated alkanes) is 1. The minimum atomic E-state index is 0. The van der Waals surface area contributed by atoms with Crippen LogP contribution >= 0.6 is 35.7 Å². The highest BCUT2D eigenvalue weighted by Crippen LogP contribution is 2.14. The van der Waals surface area contributed by atoms with Gasteiger partial charge in [-0.1, -0.05) is 18.2 Å². The zero-order chi connectivity index (χ0) is 14.8. The van der Waals surface area contributed by atoms with Crippen molar-refractivity contribution in [1.29, 1.82) is 0 Å². The summed E-state index contributed by atoms with van der Waals surface area (Å²) in [6.07, 6.45) is 6.19. The molecule has 0 unspecified atom stereocenters. The van der Waals surface area contributed by atoms with E-state index < -0.39 is 0 Å². The molecule has 0 saturated carbocycles. The second kappa shape index (κ2) is 11.9. The lowest BCUT2D eigenvalue weighted by molar-refractivity contribution is 0.470. The number of hydrogen-bond donors (Lipinski definition) is 1. The van der Waals surface area contributed by atoms with Gasteiger partial charge in [0, 0.05) is 32.1 Å². The predicted molar refractivity (Wildman–Crippen MR) is 106 cm³/mol. The third-order valence-corrected chi connectivity index (χ3v) is 3.83. The first kappa shape index (κ1) is 20.3. The van der Waals surface area contributed by atoms with Gasteiger partial charge in [-0.15, -0.1) is 42.3 Å². The zero-order valence-electron chi connectivity index (χ0n) is 13.1. The highest BCUT2D eigenvalue weighted by molar-refractivity contribution is 14.0. The van der Waals surface area contributed by atoms with Crippen LogP contribution in [0.5, 0.6) is 0 Å². The Morgan fingerprint density at radius 3 is 2.57 bits per heavy atom. The maximum atomic E-state index is 4.32. The van der Waals surface area contributed by atoms with Crippen LogP contribution in [0.1, 0.15) is 18.4 Å². The first-order valence-corrected chi connectivity index (χ1v) is 8.09. The van der Waals surface area contributed by atoms with Crippen molar-refractivity contribution in [3.63, 3.8) is 0 Å². The van der Waals surface area contributed by atoms with E-state index in [0.29, 0.717) is 0 Å². The zero-order valence-corrected chi connectivity index (χ0v) is 16.3. The lowest BCUT2D eigenvalue weighted by atomic mass is 10.2. The topological polar surface area (TPSA) is 27.6 Å². The molecule has 0 atom stereocenters. The molecule has 0 aliphatic heterocycles. The Balaban J connectivity index is 0.00000400. The molecule has 0 amide bonds. The molecule has 1 N–H and O–H groups in total. The van der Waals surface area contributed by atoms with Gasteiger partial charge in [0.2, 0.25) is 0 Å². The largest absolute Gasteiger partial charge is 0.352 e. The van der Waals surface area contributed by atoms with E-state index in [1.807, 2.05) is 13.1 Å². The molecule has 1 aromatic rings. The molecule has 0 aliphatic rings. The van der Waals surface area contributed by atoms with Gasteiger partial charge in [-0.05, 0) is 36.8 Å². The van der Waals surface area contributed by atoms with Crippen LogP contribution in [0.2, 0.25) is 0 Å². The van der Waals surface area contributed by atoms with Crippen molar-refractivity contribution in [2.45, 2.75) is 24.3 Å². The van der Waals surface area contributed by atoms with E-state index in [4.69, 9.17) is 0 Å². The maximum absolute atomic E-state index is 4.32. The van der Waals surface area contributed by atoms with Gasteiger partial charge in [-0.2, -0.15) is 0 Å². The lowest BCUT2D eigenvalue weighted by Gasteiger charge is -2.21. The summed E-state index contributed by atoms with van der Waals surface area (Å²) in [5, 5.41) is 3.39. The summed E-state index contributed by atoms with van der Waals surface area (Å²) < 4.78 is 0. The van der Waals surface area contributed by atoms with Crippen LogP contribution < -0.4 is 5.32 Å². The summed E-state index contributed by atoms with van der Waals surface area (Å²) in [4.78, 5) is 7.76. The van der Waals surface area contributed by atoms with Crippen molar-refractivity contribution in [3.8, 4) is 0 Å². The molecular weight excluding hydrogens is 393 g/mol. The number of hydrogen-bond acceptors (Lipinski definition) is 2. The van der Waals surface area contributed by atoms with Crippen molar-refractivity contribution in [3.05, 3.63) is 42.5 Å².